The van der Waals surface area contributed by atoms with Crippen LogP contribution in [0.3, 0.4) is 0 Å². The van der Waals surface area contributed by atoms with Crippen molar-refractivity contribution in [3.05, 3.63) is 77.9 Å². The normalized spacial score (nSPS) is 12.1. The third kappa shape index (κ3) is 8.08. The quantitative estimate of drug-likeness (QED) is 0.243. The average molecular weight is 494 g/mol. The summed E-state index contributed by atoms with van der Waals surface area (Å²) < 4.78 is 32.4. The van der Waals surface area contributed by atoms with Crippen molar-refractivity contribution in [2.45, 2.75) is 19.3 Å². The molecular formula is C24H24NaO8P. The van der Waals surface area contributed by atoms with E-state index in [1.54, 1.807) is 6.07 Å². The van der Waals surface area contributed by atoms with Crippen LogP contribution in [0.1, 0.15) is 28.8 Å². The van der Waals surface area contributed by atoms with E-state index < -0.39 is 7.82 Å². The van der Waals surface area contributed by atoms with E-state index in [4.69, 9.17) is 18.5 Å². The predicted molar refractivity (Wildman–Crippen MR) is 120 cm³/mol. The number of phenols is 1. The predicted octanol–water partition coefficient (Wildman–Crippen LogP) is 1.55. The second kappa shape index (κ2) is 12.8. The molecule has 34 heavy (non-hydrogen) atoms. The number of rotatable bonds is 11. The van der Waals surface area contributed by atoms with Crippen molar-refractivity contribution in [1.82, 2.24) is 0 Å². The van der Waals surface area contributed by atoms with Crippen molar-refractivity contribution in [2.24, 2.45) is 0 Å². The van der Waals surface area contributed by atoms with Crippen LogP contribution in [-0.4, -0.2) is 25.1 Å². The molecule has 3 aromatic carbocycles. The number of hydrogen-bond donors (Lipinski definition) is 1. The third-order valence-electron chi connectivity index (χ3n) is 4.74. The molecule has 0 heterocycles. The SMILES string of the molecule is COc1cc(OC)cc(OP(=O)([O-])Oc2ccc(C(=O)CCCc3ccccc3)c(O)c2)c1.[Na+]. The Kier molecular flexibility index (Phi) is 10.5. The molecule has 10 heteroatoms. The van der Waals surface area contributed by atoms with Gasteiger partial charge in [0.25, 0.3) is 0 Å². The zero-order valence-electron chi connectivity index (χ0n) is 19.2. The van der Waals surface area contributed by atoms with Gasteiger partial charge in [0.05, 0.1) is 19.8 Å². The van der Waals surface area contributed by atoms with Gasteiger partial charge in [-0.3, -0.25) is 4.79 Å². The molecule has 1 atom stereocenters. The van der Waals surface area contributed by atoms with E-state index in [-0.39, 0.29) is 64.6 Å². The summed E-state index contributed by atoms with van der Waals surface area (Å²) in [4.78, 5) is 24.8. The maximum Gasteiger partial charge on any atom is 1.00 e. The Balaban J connectivity index is 0.00000408. The summed E-state index contributed by atoms with van der Waals surface area (Å²) in [7, 11) is -2.03. The van der Waals surface area contributed by atoms with Gasteiger partial charge < -0.3 is 28.5 Å². The largest absolute Gasteiger partial charge is 1.00 e. The first-order valence-corrected chi connectivity index (χ1v) is 11.6. The standard InChI is InChI=1S/C24H25O8P.Na/c1-29-19-13-20(30-2)15-21(14-19)32-33(27,28)31-18-11-12-22(24(26)16-18)23(25)10-6-9-17-7-4-3-5-8-17;/h3-5,7-8,11-16,26H,6,9-10H2,1-2H3,(H,27,28);/q;+1/p-1. The summed E-state index contributed by atoms with van der Waals surface area (Å²) in [6.07, 6.45) is 1.60. The molecular weight excluding hydrogens is 470 g/mol. The number of aromatic hydroxyl groups is 1. The molecule has 174 valence electrons. The number of phenolic OH excluding ortho intramolecular Hbond substituents is 1. The fourth-order valence-corrected chi connectivity index (χ4v) is 3.92. The fourth-order valence-electron chi connectivity index (χ4n) is 3.15. The van der Waals surface area contributed by atoms with Gasteiger partial charge in [-0.15, -0.1) is 0 Å². The van der Waals surface area contributed by atoms with E-state index in [9.17, 15) is 19.4 Å². The first-order chi connectivity index (χ1) is 15.8. The average Bonchev–Trinajstić information content (AvgIpc) is 2.78. The first-order valence-electron chi connectivity index (χ1n) is 10.1. The van der Waals surface area contributed by atoms with E-state index in [2.05, 4.69) is 0 Å². The Morgan fingerprint density at radius 1 is 0.882 bits per heavy atom. The second-order valence-electron chi connectivity index (χ2n) is 7.12. The fraction of sp³-hybridized carbons (Fsp3) is 0.208. The molecule has 3 aromatic rings. The van der Waals surface area contributed by atoms with Crippen LogP contribution in [0, 0.1) is 0 Å². The Bertz CT molecular complexity index is 1130. The molecule has 8 nitrogen and oxygen atoms in total. The van der Waals surface area contributed by atoms with Gasteiger partial charge in [0.15, 0.2) is 5.78 Å². The van der Waals surface area contributed by atoms with E-state index >= 15 is 0 Å². The van der Waals surface area contributed by atoms with Crippen LogP contribution < -0.4 is 53.0 Å². The number of carbonyl (C=O) groups excluding carboxylic acids is 1. The molecule has 1 N–H and O–H groups in total. The van der Waals surface area contributed by atoms with E-state index in [0.29, 0.717) is 17.9 Å². The summed E-state index contributed by atoms with van der Waals surface area (Å²) in [5.74, 6) is -0.227. The van der Waals surface area contributed by atoms with Gasteiger partial charge in [0.2, 0.25) is 0 Å². The minimum absolute atomic E-state index is 0. The molecule has 0 saturated carbocycles. The molecule has 3 rings (SSSR count). The van der Waals surface area contributed by atoms with Crippen LogP contribution in [0.25, 0.3) is 0 Å². The van der Waals surface area contributed by atoms with Crippen LogP contribution in [-0.2, 0) is 11.0 Å². The van der Waals surface area contributed by atoms with Crippen LogP contribution in [0.5, 0.6) is 28.7 Å². The number of aryl methyl sites for hydroxylation is 1. The van der Waals surface area contributed by atoms with Crippen LogP contribution >= 0.6 is 7.82 Å². The Morgan fingerprint density at radius 2 is 1.47 bits per heavy atom. The van der Waals surface area contributed by atoms with E-state index in [0.717, 1.165) is 18.1 Å². The summed E-state index contributed by atoms with van der Waals surface area (Å²) in [6, 6.07) is 17.7. The molecule has 0 aliphatic rings. The molecule has 0 aliphatic heterocycles. The maximum atomic E-state index is 12.4. The summed E-state index contributed by atoms with van der Waals surface area (Å²) >= 11 is 0. The van der Waals surface area contributed by atoms with Gasteiger partial charge in [-0.1, -0.05) is 30.3 Å². The number of ketones is 1. The number of ether oxygens (including phenoxy) is 2. The maximum absolute atomic E-state index is 12.4. The van der Waals surface area contributed by atoms with Crippen LogP contribution in [0.15, 0.2) is 66.7 Å². The Hall–Kier alpha value is -2.48. The molecule has 0 radical (unpaired) electrons. The van der Waals surface area contributed by atoms with E-state index in [1.807, 2.05) is 30.3 Å². The van der Waals surface area contributed by atoms with Crippen molar-refractivity contribution in [1.29, 1.82) is 0 Å². The summed E-state index contributed by atoms with van der Waals surface area (Å²) in [5.41, 5.74) is 1.22. The molecule has 0 aliphatic carbocycles. The second-order valence-corrected chi connectivity index (χ2v) is 8.38. The topological polar surface area (TPSA) is 114 Å². The molecule has 0 spiro atoms. The van der Waals surface area contributed by atoms with E-state index in [1.165, 1.54) is 38.5 Å². The summed E-state index contributed by atoms with van der Waals surface area (Å²) in [5, 5.41) is 10.2. The monoisotopic (exact) mass is 494 g/mol. The van der Waals surface area contributed by atoms with Crippen molar-refractivity contribution in [3.8, 4) is 28.7 Å². The first kappa shape index (κ1) is 27.8. The Labute approximate surface area is 220 Å². The van der Waals surface area contributed by atoms with Crippen LogP contribution in [0.2, 0.25) is 0 Å². The van der Waals surface area contributed by atoms with Gasteiger partial charge >= 0.3 is 37.4 Å². The zero-order chi connectivity index (χ0) is 23.8. The molecule has 0 amide bonds. The molecule has 0 saturated heterocycles. The molecule has 0 bridgehead atoms. The molecule has 0 fully saturated rings. The van der Waals surface area contributed by atoms with Gasteiger partial charge in [0.1, 0.15) is 28.7 Å². The smallest absolute Gasteiger partial charge is 0.736 e. The van der Waals surface area contributed by atoms with Crippen molar-refractivity contribution in [2.75, 3.05) is 14.2 Å². The van der Waals surface area contributed by atoms with Crippen molar-refractivity contribution < 1.29 is 67.4 Å². The number of phosphoric acid groups is 1. The van der Waals surface area contributed by atoms with Crippen molar-refractivity contribution in [3.63, 3.8) is 0 Å². The number of carbonyl (C=O) groups is 1. The van der Waals surface area contributed by atoms with Crippen LogP contribution in [0.4, 0.5) is 0 Å². The Morgan fingerprint density at radius 3 is 2.06 bits per heavy atom. The zero-order valence-corrected chi connectivity index (χ0v) is 22.1. The minimum Gasteiger partial charge on any atom is -0.736 e. The molecule has 0 aromatic heterocycles. The van der Waals surface area contributed by atoms with Gasteiger partial charge in [-0.2, -0.15) is 0 Å². The number of methoxy groups -OCH3 is 2. The van der Waals surface area contributed by atoms with Gasteiger partial charge in [-0.25, -0.2) is 4.57 Å². The molecule has 1 unspecified atom stereocenters. The number of phosphoric ester groups is 1. The van der Waals surface area contributed by atoms with Gasteiger partial charge in [-0.05, 0) is 30.5 Å². The number of hydrogen-bond acceptors (Lipinski definition) is 8. The van der Waals surface area contributed by atoms with Gasteiger partial charge in [0, 0.05) is 30.7 Å². The number of Topliss-reactive ketones (excluding diaryl/α,β-unsaturated/α-hetero) is 1. The number of benzene rings is 3. The van der Waals surface area contributed by atoms with Crippen molar-refractivity contribution >= 4 is 13.6 Å². The minimum atomic E-state index is -4.86. The third-order valence-corrected chi connectivity index (χ3v) is 5.61. The summed E-state index contributed by atoms with van der Waals surface area (Å²) in [6.45, 7) is 0.